The summed E-state index contributed by atoms with van der Waals surface area (Å²) in [6, 6.07) is 0.250. The molecule has 0 saturated carbocycles. The molecule has 0 aliphatic carbocycles. The molecular weight excluding hydrogens is 248 g/mol. The van der Waals surface area contributed by atoms with Gasteiger partial charge in [-0.2, -0.15) is 11.8 Å². The van der Waals surface area contributed by atoms with Gasteiger partial charge in [0.05, 0.1) is 6.54 Å². The lowest BCUT2D eigenvalue weighted by molar-refractivity contribution is -0.152. The van der Waals surface area contributed by atoms with Gasteiger partial charge in [-0.1, -0.05) is 13.8 Å². The van der Waals surface area contributed by atoms with Crippen LogP contribution in [0.5, 0.6) is 0 Å². The molecule has 102 valence electrons. The van der Waals surface area contributed by atoms with Crippen molar-refractivity contribution in [2.24, 2.45) is 0 Å². The number of carbonyl (C=O) groups excluding carboxylic acids is 2. The van der Waals surface area contributed by atoms with Gasteiger partial charge >= 0.3 is 0 Å². The lowest BCUT2D eigenvalue weighted by Gasteiger charge is -2.45. The fraction of sp³-hybridized carbons (Fsp3) is 0.846. The van der Waals surface area contributed by atoms with E-state index in [-0.39, 0.29) is 24.4 Å². The van der Waals surface area contributed by atoms with Crippen molar-refractivity contribution in [2.45, 2.75) is 51.1 Å². The zero-order valence-electron chi connectivity index (χ0n) is 11.2. The maximum Gasteiger partial charge on any atom is 0.249 e. The van der Waals surface area contributed by atoms with E-state index in [4.69, 9.17) is 0 Å². The second-order valence-electron chi connectivity index (χ2n) is 5.14. The van der Waals surface area contributed by atoms with Crippen molar-refractivity contribution in [1.82, 2.24) is 10.2 Å². The molecule has 0 aromatic heterocycles. The number of piperazine rings is 1. The molecule has 2 heterocycles. The van der Waals surface area contributed by atoms with Crippen LogP contribution >= 0.6 is 11.8 Å². The molecule has 1 unspecified atom stereocenters. The van der Waals surface area contributed by atoms with E-state index in [9.17, 15) is 9.59 Å². The minimum Gasteiger partial charge on any atom is -0.340 e. The van der Waals surface area contributed by atoms with Gasteiger partial charge in [-0.05, 0) is 31.4 Å². The summed E-state index contributed by atoms with van der Waals surface area (Å²) in [6.07, 6.45) is 3.52. The van der Waals surface area contributed by atoms with Crippen LogP contribution < -0.4 is 5.32 Å². The van der Waals surface area contributed by atoms with Crippen molar-refractivity contribution in [2.75, 3.05) is 18.1 Å². The predicted molar refractivity (Wildman–Crippen MR) is 73.5 cm³/mol. The number of carbonyl (C=O) groups is 2. The third-order valence-corrected chi connectivity index (χ3v) is 5.34. The van der Waals surface area contributed by atoms with Crippen LogP contribution in [0.2, 0.25) is 0 Å². The van der Waals surface area contributed by atoms with Gasteiger partial charge in [-0.15, -0.1) is 0 Å². The summed E-state index contributed by atoms with van der Waals surface area (Å²) in [4.78, 5) is 26.4. The van der Waals surface area contributed by atoms with Gasteiger partial charge in [0, 0.05) is 11.8 Å². The van der Waals surface area contributed by atoms with Gasteiger partial charge in [-0.3, -0.25) is 9.59 Å². The molecule has 2 aliphatic rings. The van der Waals surface area contributed by atoms with E-state index < -0.39 is 5.54 Å². The maximum atomic E-state index is 12.7. The van der Waals surface area contributed by atoms with Crippen molar-refractivity contribution in [1.29, 1.82) is 0 Å². The number of amides is 2. The highest BCUT2D eigenvalue weighted by Crippen LogP contribution is 2.28. The Morgan fingerprint density at radius 1 is 1.39 bits per heavy atom. The molecule has 4 nitrogen and oxygen atoms in total. The van der Waals surface area contributed by atoms with Crippen molar-refractivity contribution < 1.29 is 9.59 Å². The molecule has 2 amide bonds. The van der Waals surface area contributed by atoms with Crippen LogP contribution in [0.25, 0.3) is 0 Å². The van der Waals surface area contributed by atoms with E-state index in [1.165, 1.54) is 5.75 Å². The van der Waals surface area contributed by atoms with Crippen molar-refractivity contribution in [3.05, 3.63) is 0 Å². The summed E-state index contributed by atoms with van der Waals surface area (Å²) in [5.41, 5.74) is -0.655. The Hall–Kier alpha value is -0.710. The minimum atomic E-state index is -0.655. The Balaban J connectivity index is 2.19. The minimum absolute atomic E-state index is 0.00567. The predicted octanol–water partition coefficient (Wildman–Crippen LogP) is 1.40. The number of rotatable bonds is 3. The van der Waals surface area contributed by atoms with Crippen LogP contribution in [0, 0.1) is 0 Å². The molecule has 0 aromatic carbocycles. The topological polar surface area (TPSA) is 49.4 Å². The summed E-state index contributed by atoms with van der Waals surface area (Å²) in [6.45, 7) is 4.19. The second kappa shape index (κ2) is 5.51. The Morgan fingerprint density at radius 3 is 2.67 bits per heavy atom. The lowest BCUT2D eigenvalue weighted by Crippen LogP contribution is -2.68. The molecule has 1 N–H and O–H groups in total. The van der Waals surface area contributed by atoms with Crippen LogP contribution in [0.1, 0.15) is 39.5 Å². The average molecular weight is 270 g/mol. The molecule has 2 aliphatic heterocycles. The van der Waals surface area contributed by atoms with Crippen LogP contribution in [0.4, 0.5) is 0 Å². The first-order valence-corrected chi connectivity index (χ1v) is 7.98. The van der Waals surface area contributed by atoms with Gasteiger partial charge in [0.2, 0.25) is 11.8 Å². The SMILES string of the molecule is CCC1(CC)NC(=O)CN(C2CCCSC2)C1=O. The van der Waals surface area contributed by atoms with Crippen LogP contribution in [0.15, 0.2) is 0 Å². The summed E-state index contributed by atoms with van der Waals surface area (Å²) >= 11 is 1.89. The van der Waals surface area contributed by atoms with E-state index in [0.29, 0.717) is 12.8 Å². The molecule has 2 saturated heterocycles. The Labute approximate surface area is 113 Å². The van der Waals surface area contributed by atoms with Crippen molar-refractivity contribution in [3.8, 4) is 0 Å². The third-order valence-electron chi connectivity index (χ3n) is 4.15. The summed E-state index contributed by atoms with van der Waals surface area (Å²) in [7, 11) is 0. The summed E-state index contributed by atoms with van der Waals surface area (Å²) in [5, 5.41) is 2.91. The monoisotopic (exact) mass is 270 g/mol. The molecule has 2 fully saturated rings. The Morgan fingerprint density at radius 2 is 2.11 bits per heavy atom. The molecule has 0 aromatic rings. The smallest absolute Gasteiger partial charge is 0.249 e. The van der Waals surface area contributed by atoms with E-state index in [2.05, 4.69) is 5.32 Å². The number of hydrogen-bond acceptors (Lipinski definition) is 3. The van der Waals surface area contributed by atoms with Gasteiger partial charge in [0.1, 0.15) is 5.54 Å². The quantitative estimate of drug-likeness (QED) is 0.843. The van der Waals surface area contributed by atoms with Crippen LogP contribution in [-0.4, -0.2) is 46.3 Å². The normalized spacial score (nSPS) is 28.1. The van der Waals surface area contributed by atoms with Crippen molar-refractivity contribution >= 4 is 23.6 Å². The summed E-state index contributed by atoms with van der Waals surface area (Å²) < 4.78 is 0. The number of thioether (sulfide) groups is 1. The fourth-order valence-electron chi connectivity index (χ4n) is 2.85. The average Bonchev–Trinajstić information content (AvgIpc) is 2.42. The Bertz CT molecular complexity index is 336. The molecule has 5 heteroatoms. The molecule has 0 radical (unpaired) electrons. The molecule has 18 heavy (non-hydrogen) atoms. The third kappa shape index (κ3) is 2.37. The van der Waals surface area contributed by atoms with E-state index in [1.54, 1.807) is 0 Å². The van der Waals surface area contributed by atoms with Gasteiger partial charge in [-0.25, -0.2) is 0 Å². The van der Waals surface area contributed by atoms with Gasteiger partial charge < -0.3 is 10.2 Å². The highest BCUT2D eigenvalue weighted by atomic mass is 32.2. The zero-order chi connectivity index (χ0) is 13.2. The largest absolute Gasteiger partial charge is 0.340 e. The highest BCUT2D eigenvalue weighted by Gasteiger charge is 2.46. The first kappa shape index (κ1) is 13.7. The number of nitrogens with zero attached hydrogens (tertiary/aromatic N) is 1. The molecular formula is C13H22N2O2S. The first-order valence-electron chi connectivity index (χ1n) is 6.83. The molecule has 0 spiro atoms. The fourth-order valence-corrected chi connectivity index (χ4v) is 4.01. The molecule has 0 bridgehead atoms. The molecule has 1 atom stereocenters. The van der Waals surface area contributed by atoms with E-state index in [1.807, 2.05) is 30.5 Å². The van der Waals surface area contributed by atoms with E-state index >= 15 is 0 Å². The number of nitrogens with one attached hydrogen (secondary N) is 1. The zero-order valence-corrected chi connectivity index (χ0v) is 12.0. The standard InChI is InChI=1S/C13H22N2O2S/c1-3-13(4-2)12(17)15(8-11(16)14-13)10-6-5-7-18-9-10/h10H,3-9H2,1-2H3,(H,14,16). The molecule has 2 rings (SSSR count). The van der Waals surface area contributed by atoms with Crippen LogP contribution in [-0.2, 0) is 9.59 Å². The van der Waals surface area contributed by atoms with Crippen LogP contribution in [0.3, 0.4) is 0 Å². The van der Waals surface area contributed by atoms with Gasteiger partial charge in [0.25, 0.3) is 0 Å². The lowest BCUT2D eigenvalue weighted by atomic mass is 9.88. The number of hydrogen-bond donors (Lipinski definition) is 1. The second-order valence-corrected chi connectivity index (χ2v) is 6.29. The maximum absolute atomic E-state index is 12.7. The highest BCUT2D eigenvalue weighted by molar-refractivity contribution is 7.99. The van der Waals surface area contributed by atoms with E-state index in [0.717, 1.165) is 18.6 Å². The van der Waals surface area contributed by atoms with Gasteiger partial charge in [0.15, 0.2) is 0 Å². The first-order chi connectivity index (χ1) is 8.63. The van der Waals surface area contributed by atoms with Crippen molar-refractivity contribution in [3.63, 3.8) is 0 Å². The Kier molecular flexibility index (Phi) is 4.20. The summed E-state index contributed by atoms with van der Waals surface area (Å²) in [5.74, 6) is 2.27.